The maximum atomic E-state index is 13.0. The Morgan fingerprint density at radius 3 is 2.55 bits per heavy atom. The molecular weight excluding hydrogens is 436 g/mol. The van der Waals surface area contributed by atoms with Crippen LogP contribution in [0, 0.1) is 5.92 Å². The van der Waals surface area contributed by atoms with Gasteiger partial charge in [0.25, 0.3) is 0 Å². The summed E-state index contributed by atoms with van der Waals surface area (Å²) in [5, 5.41) is 13.4. The number of hydrogen-bond acceptors (Lipinski definition) is 7. The van der Waals surface area contributed by atoms with Gasteiger partial charge in [0.15, 0.2) is 0 Å². The highest BCUT2D eigenvalue weighted by Gasteiger charge is 2.31. The number of nitrogens with one attached hydrogen (secondary N) is 1. The molecule has 0 bridgehead atoms. The van der Waals surface area contributed by atoms with Gasteiger partial charge in [-0.2, -0.15) is 0 Å². The first-order chi connectivity index (χ1) is 16.2. The van der Waals surface area contributed by atoms with Gasteiger partial charge in [0, 0.05) is 51.7 Å². The van der Waals surface area contributed by atoms with Crippen molar-refractivity contribution in [2.24, 2.45) is 5.92 Å². The molecule has 3 aliphatic rings. The minimum Gasteiger partial charge on any atom is -0.353 e. The second-order valence-corrected chi connectivity index (χ2v) is 10.3. The van der Waals surface area contributed by atoms with Gasteiger partial charge in [0.05, 0.1) is 5.92 Å². The standard InChI is InChI=1S/C24H32N6O2S/c31-21-9-5-13-30(21)24-27-26-23(33-24)29-12-4-8-19(17-29)22(32)25-20-10-14-28(15-11-20)16-18-6-2-1-3-7-18/h1-3,6-7,19-20H,4-5,8-17H2,(H,25,32). The molecule has 3 fully saturated rings. The topological polar surface area (TPSA) is 81.7 Å². The van der Waals surface area contributed by atoms with Crippen molar-refractivity contribution >= 4 is 33.4 Å². The van der Waals surface area contributed by atoms with Gasteiger partial charge in [-0.1, -0.05) is 41.7 Å². The highest BCUT2D eigenvalue weighted by molar-refractivity contribution is 7.19. The van der Waals surface area contributed by atoms with Crippen molar-refractivity contribution in [3.8, 4) is 0 Å². The average Bonchev–Trinajstić information content (AvgIpc) is 3.50. The van der Waals surface area contributed by atoms with Crippen molar-refractivity contribution in [3.63, 3.8) is 0 Å². The van der Waals surface area contributed by atoms with E-state index >= 15 is 0 Å². The van der Waals surface area contributed by atoms with Crippen LogP contribution in [0.1, 0.15) is 44.1 Å². The molecule has 2 aromatic rings. The summed E-state index contributed by atoms with van der Waals surface area (Å²) >= 11 is 1.46. The van der Waals surface area contributed by atoms with E-state index in [1.165, 1.54) is 16.9 Å². The van der Waals surface area contributed by atoms with E-state index in [4.69, 9.17) is 0 Å². The molecule has 1 aromatic heterocycles. The lowest BCUT2D eigenvalue weighted by Crippen LogP contribution is -2.49. The molecular formula is C24H32N6O2S. The van der Waals surface area contributed by atoms with Crippen LogP contribution in [-0.2, 0) is 16.1 Å². The zero-order valence-corrected chi connectivity index (χ0v) is 19.8. The number of anilines is 2. The number of likely N-dealkylation sites (tertiary alicyclic amines) is 1. The third-order valence-electron chi connectivity index (χ3n) is 6.95. The Balaban J connectivity index is 1.10. The zero-order chi connectivity index (χ0) is 22.6. The van der Waals surface area contributed by atoms with E-state index in [1.807, 2.05) is 0 Å². The fourth-order valence-electron chi connectivity index (χ4n) is 5.06. The summed E-state index contributed by atoms with van der Waals surface area (Å²) in [7, 11) is 0. The lowest BCUT2D eigenvalue weighted by Gasteiger charge is -2.35. The molecule has 0 saturated carbocycles. The molecule has 2 amide bonds. The summed E-state index contributed by atoms with van der Waals surface area (Å²) in [5.74, 6) is 0.269. The summed E-state index contributed by atoms with van der Waals surface area (Å²) in [6.45, 7) is 5.28. The van der Waals surface area contributed by atoms with Gasteiger partial charge in [-0.25, -0.2) is 0 Å². The molecule has 1 aromatic carbocycles. The first-order valence-electron chi connectivity index (χ1n) is 12.1. The van der Waals surface area contributed by atoms with Gasteiger partial charge in [-0.05, 0) is 37.7 Å². The van der Waals surface area contributed by atoms with E-state index < -0.39 is 0 Å². The van der Waals surface area contributed by atoms with Crippen LogP contribution >= 0.6 is 11.3 Å². The highest BCUT2D eigenvalue weighted by atomic mass is 32.1. The Hall–Kier alpha value is -2.52. The van der Waals surface area contributed by atoms with Crippen molar-refractivity contribution < 1.29 is 9.59 Å². The Morgan fingerprint density at radius 1 is 1.00 bits per heavy atom. The predicted molar refractivity (Wildman–Crippen MR) is 129 cm³/mol. The Morgan fingerprint density at radius 2 is 1.79 bits per heavy atom. The molecule has 9 heteroatoms. The molecule has 0 aliphatic carbocycles. The van der Waals surface area contributed by atoms with Gasteiger partial charge in [0.2, 0.25) is 22.1 Å². The van der Waals surface area contributed by atoms with Gasteiger partial charge in [-0.3, -0.25) is 19.4 Å². The summed E-state index contributed by atoms with van der Waals surface area (Å²) < 4.78 is 0. The van der Waals surface area contributed by atoms with Gasteiger partial charge in [-0.15, -0.1) is 10.2 Å². The van der Waals surface area contributed by atoms with E-state index in [1.54, 1.807) is 4.90 Å². The third-order valence-corrected chi connectivity index (χ3v) is 7.96. The smallest absolute Gasteiger partial charge is 0.228 e. The van der Waals surface area contributed by atoms with E-state index in [0.29, 0.717) is 18.1 Å². The van der Waals surface area contributed by atoms with Crippen LogP contribution < -0.4 is 15.1 Å². The molecule has 0 radical (unpaired) electrons. The number of aromatic nitrogens is 2. The number of nitrogens with zero attached hydrogens (tertiary/aromatic N) is 5. The lowest BCUT2D eigenvalue weighted by atomic mass is 9.96. The molecule has 8 nitrogen and oxygen atoms in total. The molecule has 1 N–H and O–H groups in total. The molecule has 4 heterocycles. The van der Waals surface area contributed by atoms with E-state index in [2.05, 4.69) is 55.6 Å². The van der Waals surface area contributed by atoms with Gasteiger partial charge < -0.3 is 10.2 Å². The fourth-order valence-corrected chi connectivity index (χ4v) is 5.98. The summed E-state index contributed by atoms with van der Waals surface area (Å²) in [5.41, 5.74) is 1.34. The summed E-state index contributed by atoms with van der Waals surface area (Å²) in [6.07, 6.45) is 5.34. The second kappa shape index (κ2) is 10.2. The molecule has 3 aliphatic heterocycles. The van der Waals surface area contributed by atoms with Crippen molar-refractivity contribution in [1.29, 1.82) is 0 Å². The van der Waals surface area contributed by atoms with Crippen LogP contribution in [0.15, 0.2) is 30.3 Å². The number of rotatable bonds is 6. The van der Waals surface area contributed by atoms with Gasteiger partial charge in [0.1, 0.15) is 0 Å². The predicted octanol–water partition coefficient (Wildman–Crippen LogP) is 2.66. The molecule has 3 saturated heterocycles. The van der Waals surface area contributed by atoms with Crippen LogP contribution in [0.2, 0.25) is 0 Å². The van der Waals surface area contributed by atoms with Crippen molar-refractivity contribution in [2.75, 3.05) is 42.5 Å². The number of piperidine rings is 2. The van der Waals surface area contributed by atoms with E-state index in [0.717, 1.165) is 70.0 Å². The minimum atomic E-state index is -0.0260. The van der Waals surface area contributed by atoms with Crippen molar-refractivity contribution in [3.05, 3.63) is 35.9 Å². The second-order valence-electron chi connectivity index (χ2n) is 9.35. The van der Waals surface area contributed by atoms with Gasteiger partial charge >= 0.3 is 0 Å². The number of carbonyl (C=O) groups is 2. The zero-order valence-electron chi connectivity index (χ0n) is 19.0. The molecule has 1 unspecified atom stereocenters. The summed E-state index contributed by atoms with van der Waals surface area (Å²) in [4.78, 5) is 31.4. The first kappa shape index (κ1) is 22.3. The lowest BCUT2D eigenvalue weighted by molar-refractivity contribution is -0.126. The molecule has 5 rings (SSSR count). The number of amides is 2. The fraction of sp³-hybridized carbons (Fsp3) is 0.583. The van der Waals surface area contributed by atoms with Crippen LogP contribution in [0.5, 0.6) is 0 Å². The minimum absolute atomic E-state index is 0.0260. The van der Waals surface area contributed by atoms with Crippen LogP contribution in [-0.4, -0.2) is 65.7 Å². The largest absolute Gasteiger partial charge is 0.353 e. The normalized spacial score (nSPS) is 22.7. The molecule has 0 spiro atoms. The molecule has 33 heavy (non-hydrogen) atoms. The maximum Gasteiger partial charge on any atom is 0.228 e. The van der Waals surface area contributed by atoms with Crippen molar-refractivity contribution in [2.45, 2.75) is 51.1 Å². The van der Waals surface area contributed by atoms with Crippen LogP contribution in [0.3, 0.4) is 0 Å². The van der Waals surface area contributed by atoms with Crippen LogP contribution in [0.25, 0.3) is 0 Å². The Bertz CT molecular complexity index is 959. The number of carbonyl (C=O) groups excluding carboxylic acids is 2. The highest BCUT2D eigenvalue weighted by Crippen LogP contribution is 2.32. The monoisotopic (exact) mass is 468 g/mol. The average molecular weight is 469 g/mol. The van der Waals surface area contributed by atoms with Crippen molar-refractivity contribution in [1.82, 2.24) is 20.4 Å². The molecule has 1 atom stereocenters. The first-order valence-corrected chi connectivity index (χ1v) is 12.9. The molecule has 176 valence electrons. The Labute approximate surface area is 199 Å². The van der Waals surface area contributed by atoms with Crippen LogP contribution in [0.4, 0.5) is 10.3 Å². The van der Waals surface area contributed by atoms with E-state index in [-0.39, 0.29) is 23.8 Å². The third kappa shape index (κ3) is 5.35. The maximum absolute atomic E-state index is 13.0. The van der Waals surface area contributed by atoms with E-state index in [9.17, 15) is 9.59 Å². The summed E-state index contributed by atoms with van der Waals surface area (Å²) in [6, 6.07) is 10.8. The Kier molecular flexibility index (Phi) is 6.87. The number of benzene rings is 1. The quantitative estimate of drug-likeness (QED) is 0.702. The SMILES string of the molecule is O=C(NC1CCN(Cc2ccccc2)CC1)C1CCCN(c2nnc(N3CCCC3=O)s2)C1. The number of hydrogen-bond donors (Lipinski definition) is 1.